The zero-order chi connectivity index (χ0) is 29.6. The molecule has 9 nitrogen and oxygen atoms in total. The molecule has 0 unspecified atom stereocenters. The Bertz CT molecular complexity index is 1500. The van der Waals surface area contributed by atoms with Crippen molar-refractivity contribution in [3.63, 3.8) is 0 Å². The minimum Gasteiger partial charge on any atom is -0.439 e. The number of nitrogens with zero attached hydrogens (tertiary/aromatic N) is 3. The van der Waals surface area contributed by atoms with Crippen molar-refractivity contribution in [3.8, 4) is 5.75 Å². The Morgan fingerprint density at radius 3 is 2.10 bits per heavy atom. The van der Waals surface area contributed by atoms with Crippen molar-refractivity contribution in [1.82, 2.24) is 9.80 Å². The topological polar surface area (TPSA) is 107 Å². The van der Waals surface area contributed by atoms with Gasteiger partial charge < -0.3 is 9.64 Å². The second-order valence-corrected chi connectivity index (χ2v) is 11.8. The van der Waals surface area contributed by atoms with Gasteiger partial charge in [0.15, 0.2) is 10.9 Å². The van der Waals surface area contributed by atoms with Crippen LogP contribution in [0.15, 0.2) is 72.2 Å². The normalized spacial score (nSPS) is 16.9. The second kappa shape index (κ2) is 13.4. The molecule has 0 radical (unpaired) electrons. The molecule has 0 aliphatic carbocycles. The Hall–Kier alpha value is -3.54. The maximum Gasteiger partial charge on any atom is 0.265 e. The molecule has 11 heteroatoms. The smallest absolute Gasteiger partial charge is 0.265 e. The molecule has 218 valence electrons. The van der Waals surface area contributed by atoms with Gasteiger partial charge in [-0.3, -0.25) is 23.9 Å². The molecule has 2 aliphatic heterocycles. The molecule has 0 atom stereocenters. The summed E-state index contributed by atoms with van der Waals surface area (Å²) in [5.74, 6) is -0.105. The molecule has 0 aromatic heterocycles. The largest absolute Gasteiger partial charge is 0.439 e. The first kappa shape index (κ1) is 30.4. The molecule has 2 amide bonds. The van der Waals surface area contributed by atoms with Crippen molar-refractivity contribution < 1.29 is 27.3 Å². The first-order valence-corrected chi connectivity index (χ1v) is 15.9. The second-order valence-electron chi connectivity index (χ2n) is 9.90. The van der Waals surface area contributed by atoms with E-state index >= 15 is 0 Å². The monoisotopic (exact) mass is 597 g/mol. The molecule has 0 spiro atoms. The van der Waals surface area contributed by atoms with Crippen molar-refractivity contribution in [1.29, 1.82) is 0 Å². The first-order chi connectivity index (χ1) is 19.7. The van der Waals surface area contributed by atoms with Crippen LogP contribution in [0, 0.1) is 0 Å². The Labute approximate surface area is 246 Å². The SMILES string of the molecule is CCCCN1C(=O)C(=C/C=C/C=C2/Oc3ccc4ccccc4c3N2CCCS(=O)(=O)O)C(=O)N(CCCC)C1=S. The Balaban J connectivity index is 1.62. The Morgan fingerprint density at radius 1 is 0.854 bits per heavy atom. The number of thiocarbonyl (C=S) groups is 1. The van der Waals surface area contributed by atoms with Crippen LogP contribution in [0.5, 0.6) is 5.75 Å². The number of fused-ring (bicyclic) bond motifs is 3. The minimum absolute atomic E-state index is 0.0482. The number of hydrogen-bond donors (Lipinski definition) is 1. The zero-order valence-electron chi connectivity index (χ0n) is 23.3. The number of benzene rings is 2. The molecule has 1 N–H and O–H groups in total. The number of ether oxygens (including phenoxy) is 1. The van der Waals surface area contributed by atoms with E-state index in [1.54, 1.807) is 18.2 Å². The van der Waals surface area contributed by atoms with Crippen LogP contribution in [-0.2, 0) is 19.7 Å². The number of amides is 2. The van der Waals surface area contributed by atoms with E-state index in [1.165, 1.54) is 15.9 Å². The van der Waals surface area contributed by atoms with E-state index in [9.17, 15) is 22.6 Å². The summed E-state index contributed by atoms with van der Waals surface area (Å²) in [6.45, 7) is 5.25. The summed E-state index contributed by atoms with van der Waals surface area (Å²) >= 11 is 5.51. The fraction of sp³-hybridized carbons (Fsp3) is 0.367. The van der Waals surface area contributed by atoms with E-state index in [-0.39, 0.29) is 29.4 Å². The third-order valence-electron chi connectivity index (χ3n) is 6.89. The molecular formula is C30H35N3O6S2. The number of unbranched alkanes of at least 4 members (excludes halogenated alkanes) is 2. The maximum atomic E-state index is 13.2. The lowest BCUT2D eigenvalue weighted by Gasteiger charge is -2.36. The lowest BCUT2D eigenvalue weighted by molar-refractivity contribution is -0.133. The molecule has 0 bridgehead atoms. The molecule has 41 heavy (non-hydrogen) atoms. The van der Waals surface area contributed by atoms with Crippen LogP contribution in [0.2, 0.25) is 0 Å². The van der Waals surface area contributed by atoms with Crippen LogP contribution >= 0.6 is 12.2 Å². The van der Waals surface area contributed by atoms with Gasteiger partial charge in [0.05, 0.1) is 11.4 Å². The van der Waals surface area contributed by atoms with Crippen LogP contribution in [0.25, 0.3) is 10.8 Å². The van der Waals surface area contributed by atoms with Crippen molar-refractivity contribution in [2.45, 2.75) is 46.0 Å². The lowest BCUT2D eigenvalue weighted by atomic mass is 10.1. The number of carbonyl (C=O) groups excluding carboxylic acids is 2. The van der Waals surface area contributed by atoms with Crippen molar-refractivity contribution in [3.05, 3.63) is 72.2 Å². The van der Waals surface area contributed by atoms with Crippen LogP contribution < -0.4 is 9.64 Å². The third kappa shape index (κ3) is 7.03. The number of allylic oxidation sites excluding steroid dienone is 4. The molecule has 2 aliphatic rings. The highest BCUT2D eigenvalue weighted by atomic mass is 32.2. The van der Waals surface area contributed by atoms with E-state index in [1.807, 2.05) is 55.1 Å². The molecule has 2 aromatic carbocycles. The highest BCUT2D eigenvalue weighted by molar-refractivity contribution is 7.85. The van der Waals surface area contributed by atoms with Crippen LogP contribution in [0.1, 0.15) is 46.0 Å². The number of anilines is 1. The quantitative estimate of drug-likeness (QED) is 0.154. The van der Waals surface area contributed by atoms with Gasteiger partial charge in [0.1, 0.15) is 5.57 Å². The third-order valence-corrected chi connectivity index (χ3v) is 8.14. The van der Waals surface area contributed by atoms with Crippen molar-refractivity contribution in [2.75, 3.05) is 30.3 Å². The van der Waals surface area contributed by atoms with E-state index in [0.29, 0.717) is 24.7 Å². The predicted octanol–water partition coefficient (Wildman–Crippen LogP) is 5.20. The molecule has 1 fully saturated rings. The molecule has 2 heterocycles. The van der Waals surface area contributed by atoms with Crippen LogP contribution in [0.4, 0.5) is 5.69 Å². The highest BCUT2D eigenvalue weighted by Gasteiger charge is 2.38. The molecule has 1 saturated heterocycles. The summed E-state index contributed by atoms with van der Waals surface area (Å²) in [5, 5.41) is 2.21. The maximum absolute atomic E-state index is 13.2. The van der Waals surface area contributed by atoms with Crippen molar-refractivity contribution in [2.24, 2.45) is 0 Å². The molecule has 2 aromatic rings. The van der Waals surface area contributed by atoms with Crippen LogP contribution in [-0.4, -0.2) is 65.1 Å². The number of hydrogen-bond acceptors (Lipinski definition) is 7. The van der Waals surface area contributed by atoms with E-state index in [0.717, 1.165) is 42.1 Å². The van der Waals surface area contributed by atoms with Crippen LogP contribution in [0.3, 0.4) is 0 Å². The summed E-state index contributed by atoms with van der Waals surface area (Å²) < 4.78 is 38.0. The van der Waals surface area contributed by atoms with Gasteiger partial charge in [0.25, 0.3) is 21.9 Å². The Kier molecular flexibility index (Phi) is 9.95. The zero-order valence-corrected chi connectivity index (χ0v) is 24.9. The van der Waals surface area contributed by atoms with Crippen molar-refractivity contribution >= 4 is 55.7 Å². The van der Waals surface area contributed by atoms with E-state index in [4.69, 9.17) is 17.0 Å². The van der Waals surface area contributed by atoms with Gasteiger partial charge >= 0.3 is 0 Å². The summed E-state index contributed by atoms with van der Waals surface area (Å²) in [4.78, 5) is 31.3. The van der Waals surface area contributed by atoms with E-state index in [2.05, 4.69) is 0 Å². The molecule has 0 saturated carbocycles. The molecular weight excluding hydrogens is 562 g/mol. The van der Waals surface area contributed by atoms with Gasteiger partial charge in [0.2, 0.25) is 5.88 Å². The molecule has 4 rings (SSSR count). The summed E-state index contributed by atoms with van der Waals surface area (Å²) in [6.07, 6.45) is 10.00. The lowest BCUT2D eigenvalue weighted by Crippen LogP contribution is -2.56. The van der Waals surface area contributed by atoms with Gasteiger partial charge in [-0.2, -0.15) is 8.42 Å². The fourth-order valence-corrected chi connectivity index (χ4v) is 5.63. The van der Waals surface area contributed by atoms with Gasteiger partial charge in [0, 0.05) is 25.0 Å². The van der Waals surface area contributed by atoms with E-state index < -0.39 is 21.9 Å². The minimum atomic E-state index is -4.11. The fourth-order valence-electron chi connectivity index (χ4n) is 4.79. The van der Waals surface area contributed by atoms with Gasteiger partial charge in [-0.05, 0) is 55.1 Å². The van der Waals surface area contributed by atoms with Gasteiger partial charge in [-0.25, -0.2) is 0 Å². The average Bonchev–Trinajstić information content (AvgIpc) is 3.29. The summed E-state index contributed by atoms with van der Waals surface area (Å²) in [7, 11) is -4.11. The average molecular weight is 598 g/mol. The number of rotatable bonds is 12. The van der Waals surface area contributed by atoms with Gasteiger partial charge in [-0.15, -0.1) is 0 Å². The standard InChI is InChI=1S/C30H35N3O6S2/c1-3-5-18-32-28(34)24(29(35)33(30(32)40)19-6-4-2)14-9-10-15-26-31(20-11-21-41(36,37)38)27-23-13-8-7-12-22(23)16-17-25(27)39-26/h7-10,12-17H,3-6,11,18-21H2,1-2H3,(H,36,37,38)/b10-9+,26-15+. The first-order valence-electron chi connectivity index (χ1n) is 13.8. The Morgan fingerprint density at radius 2 is 1.46 bits per heavy atom. The predicted molar refractivity (Wildman–Crippen MR) is 164 cm³/mol. The highest BCUT2D eigenvalue weighted by Crippen LogP contribution is 2.44. The summed E-state index contributed by atoms with van der Waals surface area (Å²) in [5.41, 5.74) is 0.854. The van der Waals surface area contributed by atoms with Gasteiger partial charge in [-0.1, -0.05) is 69.2 Å². The number of carbonyl (C=O) groups is 2. The summed E-state index contributed by atoms with van der Waals surface area (Å²) in [6, 6.07) is 11.6.